The number of anilines is 1. The van der Waals surface area contributed by atoms with E-state index in [0.717, 1.165) is 4.47 Å². The van der Waals surface area contributed by atoms with Gasteiger partial charge in [0.15, 0.2) is 0 Å². The summed E-state index contributed by atoms with van der Waals surface area (Å²) >= 11 is 3.35. The third-order valence-electron chi connectivity index (χ3n) is 2.75. The van der Waals surface area contributed by atoms with Gasteiger partial charge in [-0.2, -0.15) is 0 Å². The Bertz CT molecular complexity index is 611. The average Bonchev–Trinajstić information content (AvgIpc) is 2.48. The van der Waals surface area contributed by atoms with Crippen LogP contribution in [-0.4, -0.2) is 20.1 Å². The van der Waals surface area contributed by atoms with Crippen molar-refractivity contribution in [3.8, 4) is 11.5 Å². The number of amides is 1. The Labute approximate surface area is 125 Å². The molecule has 1 amide bonds. The van der Waals surface area contributed by atoms with Crippen molar-refractivity contribution in [2.24, 2.45) is 0 Å². The van der Waals surface area contributed by atoms with E-state index in [2.05, 4.69) is 21.2 Å². The Hall–Kier alpha value is -2.01. The van der Waals surface area contributed by atoms with Gasteiger partial charge in [-0.25, -0.2) is 0 Å². The molecule has 20 heavy (non-hydrogen) atoms. The summed E-state index contributed by atoms with van der Waals surface area (Å²) in [5.74, 6) is 0.857. The van der Waals surface area contributed by atoms with E-state index in [1.807, 2.05) is 24.3 Å². The average molecular weight is 336 g/mol. The third kappa shape index (κ3) is 3.30. The minimum Gasteiger partial charge on any atom is -0.497 e. The second-order valence-electron chi connectivity index (χ2n) is 4.03. The molecule has 0 spiro atoms. The van der Waals surface area contributed by atoms with Crippen molar-refractivity contribution in [1.82, 2.24) is 0 Å². The first-order valence-electron chi connectivity index (χ1n) is 5.93. The number of nitrogens with one attached hydrogen (secondary N) is 1. The van der Waals surface area contributed by atoms with E-state index in [0.29, 0.717) is 22.7 Å². The Balaban J connectivity index is 2.25. The Kier molecular flexibility index (Phi) is 4.63. The minimum absolute atomic E-state index is 0.247. The normalized spacial score (nSPS) is 9.95. The fourth-order valence-electron chi connectivity index (χ4n) is 1.72. The molecule has 0 aliphatic carbocycles. The number of carbonyl (C=O) groups excluding carboxylic acids is 1. The van der Waals surface area contributed by atoms with Crippen LogP contribution in [0.25, 0.3) is 0 Å². The summed E-state index contributed by atoms with van der Waals surface area (Å²) in [4.78, 5) is 12.3. The summed E-state index contributed by atoms with van der Waals surface area (Å²) in [6.07, 6.45) is 0. The zero-order valence-corrected chi connectivity index (χ0v) is 12.7. The molecule has 0 aliphatic rings. The minimum atomic E-state index is -0.247. The first-order valence-corrected chi connectivity index (χ1v) is 6.72. The van der Waals surface area contributed by atoms with Crippen molar-refractivity contribution in [2.45, 2.75) is 0 Å². The van der Waals surface area contributed by atoms with Crippen LogP contribution in [0.1, 0.15) is 10.4 Å². The molecule has 0 atom stereocenters. The number of rotatable bonds is 4. The fourth-order valence-corrected chi connectivity index (χ4v) is 1.99. The maximum absolute atomic E-state index is 12.3. The predicted molar refractivity (Wildman–Crippen MR) is 81.6 cm³/mol. The number of carbonyl (C=O) groups is 1. The maximum Gasteiger partial charge on any atom is 0.259 e. The van der Waals surface area contributed by atoms with Crippen LogP contribution in [0.4, 0.5) is 5.69 Å². The van der Waals surface area contributed by atoms with E-state index < -0.39 is 0 Å². The molecular formula is C15H14BrNO3. The van der Waals surface area contributed by atoms with Gasteiger partial charge in [-0.3, -0.25) is 4.79 Å². The summed E-state index contributed by atoms with van der Waals surface area (Å²) in [5.41, 5.74) is 1.14. The van der Waals surface area contributed by atoms with E-state index in [9.17, 15) is 4.79 Å². The molecule has 0 heterocycles. The van der Waals surface area contributed by atoms with Crippen LogP contribution >= 0.6 is 15.9 Å². The number of hydrogen-bond donors (Lipinski definition) is 1. The number of benzene rings is 2. The highest BCUT2D eigenvalue weighted by molar-refractivity contribution is 9.10. The van der Waals surface area contributed by atoms with E-state index >= 15 is 0 Å². The van der Waals surface area contributed by atoms with Gasteiger partial charge in [0.2, 0.25) is 0 Å². The van der Waals surface area contributed by atoms with Gasteiger partial charge in [0.25, 0.3) is 5.91 Å². The molecular weight excluding hydrogens is 322 g/mol. The van der Waals surface area contributed by atoms with E-state index in [1.54, 1.807) is 25.3 Å². The molecule has 4 nitrogen and oxygen atoms in total. The summed E-state index contributed by atoms with van der Waals surface area (Å²) in [6, 6.07) is 12.4. The van der Waals surface area contributed by atoms with Crippen molar-refractivity contribution in [3.05, 3.63) is 52.5 Å². The van der Waals surface area contributed by atoms with Crippen LogP contribution in [0, 0.1) is 0 Å². The summed E-state index contributed by atoms with van der Waals surface area (Å²) < 4.78 is 11.3. The molecule has 0 saturated heterocycles. The Morgan fingerprint density at radius 2 is 1.75 bits per heavy atom. The number of halogens is 1. The van der Waals surface area contributed by atoms with Gasteiger partial charge in [-0.15, -0.1) is 0 Å². The molecule has 104 valence electrons. The van der Waals surface area contributed by atoms with E-state index in [-0.39, 0.29) is 5.91 Å². The van der Waals surface area contributed by atoms with Gasteiger partial charge >= 0.3 is 0 Å². The lowest BCUT2D eigenvalue weighted by atomic mass is 10.1. The van der Waals surface area contributed by atoms with E-state index in [1.165, 1.54) is 7.11 Å². The molecule has 0 saturated carbocycles. The molecule has 0 radical (unpaired) electrons. The predicted octanol–water partition coefficient (Wildman–Crippen LogP) is 3.72. The first kappa shape index (κ1) is 14.4. The second kappa shape index (κ2) is 6.43. The van der Waals surface area contributed by atoms with Crippen LogP contribution in [0.3, 0.4) is 0 Å². The molecule has 1 N–H and O–H groups in total. The Morgan fingerprint density at radius 1 is 1.05 bits per heavy atom. The molecule has 0 fully saturated rings. The number of ether oxygens (including phenoxy) is 2. The number of methoxy groups -OCH3 is 2. The molecule has 5 heteroatoms. The number of hydrogen-bond acceptors (Lipinski definition) is 3. The molecule has 0 aromatic heterocycles. The fraction of sp³-hybridized carbons (Fsp3) is 0.133. The molecule has 2 rings (SSSR count). The van der Waals surface area contributed by atoms with Gasteiger partial charge in [0, 0.05) is 10.2 Å². The van der Waals surface area contributed by atoms with Gasteiger partial charge in [0.1, 0.15) is 11.5 Å². The Morgan fingerprint density at radius 3 is 2.35 bits per heavy atom. The zero-order chi connectivity index (χ0) is 14.5. The van der Waals surface area contributed by atoms with Crippen molar-refractivity contribution < 1.29 is 14.3 Å². The summed E-state index contributed by atoms with van der Waals surface area (Å²) in [6.45, 7) is 0. The van der Waals surface area contributed by atoms with Gasteiger partial charge in [0.05, 0.1) is 19.8 Å². The van der Waals surface area contributed by atoms with Gasteiger partial charge < -0.3 is 14.8 Å². The monoisotopic (exact) mass is 335 g/mol. The maximum atomic E-state index is 12.3. The topological polar surface area (TPSA) is 47.6 Å². The van der Waals surface area contributed by atoms with Gasteiger partial charge in [-0.05, 0) is 42.5 Å². The SMILES string of the molecule is COc1ccc(OC)c(C(=O)Nc2ccc(Br)cc2)c1. The van der Waals surface area contributed by atoms with Gasteiger partial charge in [-0.1, -0.05) is 15.9 Å². The quantitative estimate of drug-likeness (QED) is 0.926. The van der Waals surface area contributed by atoms with Crippen molar-refractivity contribution >= 4 is 27.5 Å². The zero-order valence-electron chi connectivity index (χ0n) is 11.1. The second-order valence-corrected chi connectivity index (χ2v) is 4.94. The highest BCUT2D eigenvalue weighted by Gasteiger charge is 2.13. The third-order valence-corrected chi connectivity index (χ3v) is 3.28. The molecule has 0 unspecified atom stereocenters. The highest BCUT2D eigenvalue weighted by atomic mass is 79.9. The van der Waals surface area contributed by atoms with Crippen LogP contribution in [0.15, 0.2) is 46.9 Å². The lowest BCUT2D eigenvalue weighted by molar-refractivity contribution is 0.102. The summed E-state index contributed by atoms with van der Waals surface area (Å²) in [5, 5.41) is 2.82. The molecule has 0 bridgehead atoms. The van der Waals surface area contributed by atoms with Crippen molar-refractivity contribution in [1.29, 1.82) is 0 Å². The van der Waals surface area contributed by atoms with Crippen LogP contribution < -0.4 is 14.8 Å². The molecule has 2 aromatic carbocycles. The standard InChI is InChI=1S/C15H14BrNO3/c1-19-12-7-8-14(20-2)13(9-12)15(18)17-11-5-3-10(16)4-6-11/h3-9H,1-2H3,(H,17,18). The highest BCUT2D eigenvalue weighted by Crippen LogP contribution is 2.25. The lowest BCUT2D eigenvalue weighted by Gasteiger charge is -2.11. The molecule has 2 aromatic rings. The van der Waals surface area contributed by atoms with Crippen LogP contribution in [-0.2, 0) is 0 Å². The van der Waals surface area contributed by atoms with Crippen molar-refractivity contribution in [2.75, 3.05) is 19.5 Å². The largest absolute Gasteiger partial charge is 0.497 e. The first-order chi connectivity index (χ1) is 9.63. The van der Waals surface area contributed by atoms with Crippen molar-refractivity contribution in [3.63, 3.8) is 0 Å². The van der Waals surface area contributed by atoms with Crippen LogP contribution in [0.5, 0.6) is 11.5 Å². The lowest BCUT2D eigenvalue weighted by Crippen LogP contribution is -2.13. The molecule has 0 aliphatic heterocycles. The van der Waals surface area contributed by atoms with E-state index in [4.69, 9.17) is 9.47 Å². The smallest absolute Gasteiger partial charge is 0.259 e. The van der Waals surface area contributed by atoms with Crippen LogP contribution in [0.2, 0.25) is 0 Å². The summed E-state index contributed by atoms with van der Waals surface area (Å²) in [7, 11) is 3.08.